The van der Waals surface area contributed by atoms with E-state index in [9.17, 15) is 9.18 Å². The number of nitrogens with zero attached hydrogens (tertiary/aromatic N) is 2. The van der Waals surface area contributed by atoms with E-state index in [-0.39, 0.29) is 17.1 Å². The number of nitrogen functional groups attached to an aromatic ring is 1. The van der Waals surface area contributed by atoms with Gasteiger partial charge in [0.2, 0.25) is 5.91 Å². The van der Waals surface area contributed by atoms with Crippen LogP contribution in [0.5, 0.6) is 0 Å². The molecule has 124 valence electrons. The molecule has 1 aromatic carbocycles. The van der Waals surface area contributed by atoms with E-state index in [1.54, 1.807) is 6.07 Å². The van der Waals surface area contributed by atoms with Gasteiger partial charge in [-0.2, -0.15) is 5.10 Å². The van der Waals surface area contributed by atoms with E-state index in [4.69, 9.17) is 10.5 Å². The van der Waals surface area contributed by atoms with Gasteiger partial charge in [-0.1, -0.05) is 6.92 Å². The fourth-order valence-corrected chi connectivity index (χ4v) is 2.68. The number of halogens is 1. The maximum absolute atomic E-state index is 14.4. The summed E-state index contributed by atoms with van der Waals surface area (Å²) in [5.74, 6) is -0.346. The molecule has 0 saturated carbocycles. The van der Waals surface area contributed by atoms with Crippen molar-refractivity contribution in [1.29, 1.82) is 0 Å². The minimum absolute atomic E-state index is 0.162. The molecule has 1 amide bonds. The molecule has 2 aromatic rings. The van der Waals surface area contributed by atoms with Crippen molar-refractivity contribution in [3.05, 3.63) is 17.9 Å². The summed E-state index contributed by atoms with van der Waals surface area (Å²) in [6.45, 7) is 3.68. The average Bonchev–Trinajstić information content (AvgIpc) is 2.87. The SMILES string of the molecule is CCCC(=O)Nc1nn(C2CNCCO2)c2c(F)cc(N)cc12. The van der Waals surface area contributed by atoms with Gasteiger partial charge < -0.3 is 21.1 Å². The number of rotatable bonds is 4. The normalized spacial score (nSPS) is 18.3. The van der Waals surface area contributed by atoms with Crippen LogP contribution in [0.15, 0.2) is 12.1 Å². The third-order valence-electron chi connectivity index (χ3n) is 3.69. The van der Waals surface area contributed by atoms with Gasteiger partial charge >= 0.3 is 0 Å². The Hall–Kier alpha value is -2.19. The maximum atomic E-state index is 14.4. The van der Waals surface area contributed by atoms with Gasteiger partial charge in [0.05, 0.1) is 6.61 Å². The van der Waals surface area contributed by atoms with Crippen molar-refractivity contribution in [2.75, 3.05) is 30.7 Å². The van der Waals surface area contributed by atoms with E-state index < -0.39 is 12.0 Å². The van der Waals surface area contributed by atoms with Crippen molar-refractivity contribution in [2.45, 2.75) is 26.0 Å². The van der Waals surface area contributed by atoms with Gasteiger partial charge in [-0.3, -0.25) is 4.79 Å². The molecule has 23 heavy (non-hydrogen) atoms. The van der Waals surface area contributed by atoms with E-state index in [1.165, 1.54) is 10.7 Å². The van der Waals surface area contributed by atoms with Crippen LogP contribution in [0.2, 0.25) is 0 Å². The largest absolute Gasteiger partial charge is 0.399 e. The van der Waals surface area contributed by atoms with Crippen molar-refractivity contribution >= 4 is 28.3 Å². The number of aromatic nitrogens is 2. The molecule has 3 rings (SSSR count). The Kier molecular flexibility index (Phi) is 4.44. The Labute approximate surface area is 133 Å². The summed E-state index contributed by atoms with van der Waals surface area (Å²) in [6, 6.07) is 2.86. The number of hydrogen-bond donors (Lipinski definition) is 3. The molecule has 2 heterocycles. The molecule has 7 nitrogen and oxygen atoms in total. The Morgan fingerprint density at radius 1 is 1.61 bits per heavy atom. The number of fused-ring (bicyclic) bond motifs is 1. The molecule has 4 N–H and O–H groups in total. The van der Waals surface area contributed by atoms with Crippen LogP contribution in [0.25, 0.3) is 10.9 Å². The number of nitrogens with two attached hydrogens (primary N) is 1. The number of morpholine rings is 1. The van der Waals surface area contributed by atoms with Crippen LogP contribution in [-0.4, -0.2) is 35.4 Å². The zero-order valence-corrected chi connectivity index (χ0v) is 12.9. The molecule has 0 aliphatic carbocycles. The summed E-state index contributed by atoms with van der Waals surface area (Å²) >= 11 is 0. The van der Waals surface area contributed by atoms with Gasteiger partial charge in [-0.05, 0) is 18.6 Å². The quantitative estimate of drug-likeness (QED) is 0.744. The Morgan fingerprint density at radius 3 is 3.13 bits per heavy atom. The number of nitrogens with one attached hydrogen (secondary N) is 2. The van der Waals surface area contributed by atoms with Crippen molar-refractivity contribution in [3.63, 3.8) is 0 Å². The number of carbonyl (C=O) groups excluding carboxylic acids is 1. The van der Waals surface area contributed by atoms with Crippen LogP contribution in [0.1, 0.15) is 26.0 Å². The molecular weight excluding hydrogens is 301 g/mol. The van der Waals surface area contributed by atoms with Crippen LogP contribution < -0.4 is 16.4 Å². The minimum Gasteiger partial charge on any atom is -0.399 e. The standard InChI is InChI=1S/C15H20FN5O2/c1-2-3-12(22)19-15-10-6-9(17)7-11(16)14(10)21(20-15)13-8-18-4-5-23-13/h6-7,13,18H,2-5,8,17H2,1H3,(H,19,20,22). The molecular formula is C15H20FN5O2. The Balaban J connectivity index is 2.07. The molecule has 0 radical (unpaired) electrons. The maximum Gasteiger partial charge on any atom is 0.225 e. The molecule has 0 bridgehead atoms. The lowest BCUT2D eigenvalue weighted by Crippen LogP contribution is -2.36. The highest BCUT2D eigenvalue weighted by Gasteiger charge is 2.24. The van der Waals surface area contributed by atoms with Crippen molar-refractivity contribution in [1.82, 2.24) is 15.1 Å². The van der Waals surface area contributed by atoms with Crippen LogP contribution >= 0.6 is 0 Å². The number of benzene rings is 1. The first-order valence-electron chi connectivity index (χ1n) is 7.69. The molecule has 1 aromatic heterocycles. The third-order valence-corrected chi connectivity index (χ3v) is 3.69. The van der Waals surface area contributed by atoms with Crippen LogP contribution in [-0.2, 0) is 9.53 Å². The smallest absolute Gasteiger partial charge is 0.225 e. The Bertz CT molecular complexity index is 724. The van der Waals surface area contributed by atoms with Crippen molar-refractivity contribution in [2.24, 2.45) is 0 Å². The van der Waals surface area contributed by atoms with Gasteiger partial charge in [-0.25, -0.2) is 9.07 Å². The van der Waals surface area contributed by atoms with Crippen LogP contribution in [0.4, 0.5) is 15.9 Å². The van der Waals surface area contributed by atoms with Gasteiger partial charge in [0.25, 0.3) is 0 Å². The lowest BCUT2D eigenvalue weighted by molar-refractivity contribution is -0.116. The minimum atomic E-state index is -0.488. The fourth-order valence-electron chi connectivity index (χ4n) is 2.68. The second kappa shape index (κ2) is 6.51. The molecule has 0 spiro atoms. The number of ether oxygens (including phenoxy) is 1. The van der Waals surface area contributed by atoms with Crippen molar-refractivity contribution in [3.8, 4) is 0 Å². The van der Waals surface area contributed by atoms with E-state index in [1.807, 2.05) is 6.92 Å². The number of anilines is 2. The molecule has 1 aliphatic rings. The lowest BCUT2D eigenvalue weighted by Gasteiger charge is -2.24. The molecule has 1 saturated heterocycles. The monoisotopic (exact) mass is 321 g/mol. The summed E-state index contributed by atoms with van der Waals surface area (Å²) in [5.41, 5.74) is 6.30. The summed E-state index contributed by atoms with van der Waals surface area (Å²) in [6.07, 6.45) is 0.665. The topological polar surface area (TPSA) is 94.2 Å². The predicted molar refractivity (Wildman–Crippen MR) is 85.5 cm³/mol. The lowest BCUT2D eigenvalue weighted by atomic mass is 10.2. The highest BCUT2D eigenvalue weighted by Crippen LogP contribution is 2.30. The predicted octanol–water partition coefficient (Wildman–Crippen LogP) is 1.61. The number of amides is 1. The van der Waals surface area contributed by atoms with E-state index in [0.717, 1.165) is 13.0 Å². The van der Waals surface area contributed by atoms with Crippen molar-refractivity contribution < 1.29 is 13.9 Å². The van der Waals surface area contributed by atoms with Crippen LogP contribution in [0, 0.1) is 5.82 Å². The van der Waals surface area contributed by atoms with E-state index >= 15 is 0 Å². The van der Waals surface area contributed by atoms with Gasteiger partial charge in [-0.15, -0.1) is 0 Å². The summed E-state index contributed by atoms with van der Waals surface area (Å²) < 4.78 is 21.6. The van der Waals surface area contributed by atoms with E-state index in [0.29, 0.717) is 30.8 Å². The average molecular weight is 321 g/mol. The highest BCUT2D eigenvalue weighted by atomic mass is 19.1. The molecule has 1 atom stereocenters. The van der Waals surface area contributed by atoms with E-state index in [2.05, 4.69) is 15.7 Å². The summed E-state index contributed by atoms with van der Waals surface area (Å²) in [7, 11) is 0. The summed E-state index contributed by atoms with van der Waals surface area (Å²) in [4.78, 5) is 11.9. The first-order chi connectivity index (χ1) is 11.1. The second-order valence-electron chi connectivity index (χ2n) is 5.52. The molecule has 1 fully saturated rings. The highest BCUT2D eigenvalue weighted by molar-refractivity contribution is 6.01. The van der Waals surface area contributed by atoms with Gasteiger partial charge in [0, 0.05) is 30.6 Å². The first-order valence-corrected chi connectivity index (χ1v) is 7.69. The second-order valence-corrected chi connectivity index (χ2v) is 5.52. The first kappa shape index (κ1) is 15.7. The summed E-state index contributed by atoms with van der Waals surface area (Å²) in [5, 5.41) is 10.7. The van der Waals surface area contributed by atoms with Gasteiger partial charge in [0.15, 0.2) is 17.9 Å². The van der Waals surface area contributed by atoms with Crippen LogP contribution in [0.3, 0.4) is 0 Å². The Morgan fingerprint density at radius 2 is 2.43 bits per heavy atom. The third kappa shape index (κ3) is 3.13. The fraction of sp³-hybridized carbons (Fsp3) is 0.467. The zero-order valence-electron chi connectivity index (χ0n) is 12.9. The molecule has 8 heteroatoms. The molecule has 1 unspecified atom stereocenters. The zero-order chi connectivity index (χ0) is 16.4. The molecule has 1 aliphatic heterocycles. The van der Waals surface area contributed by atoms with Gasteiger partial charge in [0.1, 0.15) is 5.52 Å². The number of hydrogen-bond acceptors (Lipinski definition) is 5. The number of carbonyl (C=O) groups is 1.